The molecule has 2 heterocycles. The molecule has 0 radical (unpaired) electrons. The molecule has 0 spiro atoms. The van der Waals surface area contributed by atoms with Gasteiger partial charge in [-0.1, -0.05) is 18.2 Å². The molecule has 1 aromatic carbocycles. The third kappa shape index (κ3) is 7.42. The van der Waals surface area contributed by atoms with Crippen molar-refractivity contribution in [1.82, 2.24) is 20.4 Å². The van der Waals surface area contributed by atoms with Crippen molar-refractivity contribution in [2.24, 2.45) is 10.9 Å². The molecule has 2 aliphatic rings. The fourth-order valence-electron chi connectivity index (χ4n) is 4.57. The molecular formula is C24H40N6O. The maximum atomic E-state index is 11.6. The molecule has 0 bridgehead atoms. The molecule has 172 valence electrons. The molecule has 7 nitrogen and oxygen atoms in total. The van der Waals surface area contributed by atoms with E-state index in [1.807, 2.05) is 7.05 Å². The van der Waals surface area contributed by atoms with Crippen LogP contribution in [0.2, 0.25) is 0 Å². The van der Waals surface area contributed by atoms with Crippen LogP contribution in [0.25, 0.3) is 0 Å². The number of piperazine rings is 1. The number of carbonyl (C=O) groups is 1. The molecule has 0 atom stereocenters. The summed E-state index contributed by atoms with van der Waals surface area (Å²) < 4.78 is 0. The van der Waals surface area contributed by atoms with E-state index in [1.165, 1.54) is 18.7 Å². The van der Waals surface area contributed by atoms with Crippen molar-refractivity contribution in [3.8, 4) is 0 Å². The standard InChI is InChI=1S/C24H40N6O/c1-25-23(31)20-21-10-14-30(15-11-21)24(26-2)27-12-6-7-13-28-16-18-29(19-17-28)22-8-4-3-5-9-22/h3-5,8-9,21H,6-7,10-20H2,1-2H3,(H,25,31)(H,26,27). The first-order chi connectivity index (χ1) is 15.2. The summed E-state index contributed by atoms with van der Waals surface area (Å²) in [5.74, 6) is 1.66. The first-order valence-corrected chi connectivity index (χ1v) is 11.9. The highest BCUT2D eigenvalue weighted by Crippen LogP contribution is 2.20. The molecule has 3 rings (SSSR count). The minimum absolute atomic E-state index is 0.155. The van der Waals surface area contributed by atoms with Gasteiger partial charge in [0.1, 0.15) is 0 Å². The van der Waals surface area contributed by atoms with Gasteiger partial charge in [0.15, 0.2) is 5.96 Å². The van der Waals surface area contributed by atoms with Gasteiger partial charge in [-0.25, -0.2) is 0 Å². The number of nitrogens with one attached hydrogen (secondary N) is 2. The van der Waals surface area contributed by atoms with Crippen LogP contribution in [-0.4, -0.2) is 88.1 Å². The number of amides is 1. The number of hydrogen-bond acceptors (Lipinski definition) is 4. The maximum absolute atomic E-state index is 11.6. The van der Waals surface area contributed by atoms with Crippen molar-refractivity contribution in [3.05, 3.63) is 30.3 Å². The summed E-state index contributed by atoms with van der Waals surface area (Å²) in [6, 6.07) is 10.7. The van der Waals surface area contributed by atoms with Gasteiger partial charge < -0.3 is 20.4 Å². The Hall–Kier alpha value is -2.28. The molecule has 1 aromatic rings. The molecule has 2 saturated heterocycles. The SMILES string of the molecule is CN=C(NCCCCN1CCN(c2ccccc2)CC1)N1CCC(CC(=O)NC)CC1. The van der Waals surface area contributed by atoms with Gasteiger partial charge in [0, 0.05) is 72.0 Å². The van der Waals surface area contributed by atoms with E-state index in [0.717, 1.165) is 71.0 Å². The van der Waals surface area contributed by atoms with Gasteiger partial charge in [-0.05, 0) is 50.3 Å². The number of benzene rings is 1. The van der Waals surface area contributed by atoms with Crippen LogP contribution in [0.3, 0.4) is 0 Å². The zero-order valence-corrected chi connectivity index (χ0v) is 19.4. The van der Waals surface area contributed by atoms with Gasteiger partial charge in [-0.3, -0.25) is 14.7 Å². The van der Waals surface area contributed by atoms with Crippen LogP contribution in [-0.2, 0) is 4.79 Å². The number of carbonyl (C=O) groups excluding carboxylic acids is 1. The first-order valence-electron chi connectivity index (χ1n) is 11.9. The Morgan fingerprint density at radius 1 is 1.03 bits per heavy atom. The zero-order chi connectivity index (χ0) is 21.9. The Balaban J connectivity index is 1.26. The number of aliphatic imine (C=N–C) groups is 1. The van der Waals surface area contributed by atoms with Gasteiger partial charge in [-0.15, -0.1) is 0 Å². The van der Waals surface area contributed by atoms with Crippen LogP contribution in [0.1, 0.15) is 32.1 Å². The van der Waals surface area contributed by atoms with Crippen LogP contribution in [0.15, 0.2) is 35.3 Å². The number of piperidine rings is 1. The highest BCUT2D eigenvalue weighted by Gasteiger charge is 2.23. The second-order valence-corrected chi connectivity index (χ2v) is 8.65. The number of hydrogen-bond donors (Lipinski definition) is 2. The normalized spacial score (nSPS) is 18.8. The van der Waals surface area contributed by atoms with Crippen molar-refractivity contribution >= 4 is 17.6 Å². The molecule has 0 aromatic heterocycles. The summed E-state index contributed by atoms with van der Waals surface area (Å²) in [5, 5.41) is 6.28. The minimum atomic E-state index is 0.155. The number of guanidine groups is 1. The van der Waals surface area contributed by atoms with E-state index < -0.39 is 0 Å². The van der Waals surface area contributed by atoms with Crippen LogP contribution >= 0.6 is 0 Å². The largest absolute Gasteiger partial charge is 0.369 e. The predicted octanol–water partition coefficient (Wildman–Crippen LogP) is 2.01. The summed E-state index contributed by atoms with van der Waals surface area (Å²) in [4.78, 5) is 23.5. The summed E-state index contributed by atoms with van der Waals surface area (Å²) in [7, 11) is 3.58. The molecule has 1 amide bonds. The number of para-hydroxylation sites is 1. The third-order valence-electron chi connectivity index (χ3n) is 6.56. The highest BCUT2D eigenvalue weighted by atomic mass is 16.1. The number of anilines is 1. The monoisotopic (exact) mass is 428 g/mol. The predicted molar refractivity (Wildman–Crippen MR) is 129 cm³/mol. The van der Waals surface area contributed by atoms with Gasteiger partial charge in [0.05, 0.1) is 0 Å². The molecule has 31 heavy (non-hydrogen) atoms. The van der Waals surface area contributed by atoms with Gasteiger partial charge in [0.2, 0.25) is 5.91 Å². The number of likely N-dealkylation sites (tertiary alicyclic amines) is 1. The fourth-order valence-corrected chi connectivity index (χ4v) is 4.57. The molecular weight excluding hydrogens is 388 g/mol. The summed E-state index contributed by atoms with van der Waals surface area (Å²) in [6.07, 6.45) is 5.14. The van der Waals surface area contributed by atoms with Crippen LogP contribution in [0.5, 0.6) is 0 Å². The lowest BCUT2D eigenvalue weighted by Crippen LogP contribution is -2.47. The van der Waals surface area contributed by atoms with Crippen molar-refractivity contribution in [2.45, 2.75) is 32.1 Å². The zero-order valence-electron chi connectivity index (χ0n) is 19.4. The average molecular weight is 429 g/mol. The second kappa shape index (κ2) is 12.5. The Bertz CT molecular complexity index is 679. The van der Waals surface area contributed by atoms with E-state index in [-0.39, 0.29) is 5.91 Å². The molecule has 7 heteroatoms. The second-order valence-electron chi connectivity index (χ2n) is 8.65. The Kier molecular flexibility index (Phi) is 9.46. The van der Waals surface area contributed by atoms with Gasteiger partial charge >= 0.3 is 0 Å². The summed E-state index contributed by atoms with van der Waals surface area (Å²) in [6.45, 7) is 8.63. The van der Waals surface area contributed by atoms with E-state index >= 15 is 0 Å². The number of nitrogens with zero attached hydrogens (tertiary/aromatic N) is 4. The topological polar surface area (TPSA) is 63.2 Å². The van der Waals surface area contributed by atoms with E-state index in [0.29, 0.717) is 12.3 Å². The molecule has 2 N–H and O–H groups in total. The highest BCUT2D eigenvalue weighted by molar-refractivity contribution is 5.80. The van der Waals surface area contributed by atoms with Crippen LogP contribution in [0, 0.1) is 5.92 Å². The fraction of sp³-hybridized carbons (Fsp3) is 0.667. The van der Waals surface area contributed by atoms with Gasteiger partial charge in [-0.2, -0.15) is 0 Å². The van der Waals surface area contributed by atoms with Crippen molar-refractivity contribution in [2.75, 3.05) is 71.4 Å². The lowest BCUT2D eigenvalue weighted by Gasteiger charge is -2.36. The summed E-state index contributed by atoms with van der Waals surface area (Å²) in [5.41, 5.74) is 1.34. The Labute approximate surface area is 187 Å². The molecule has 0 saturated carbocycles. The number of unbranched alkanes of at least 4 members (excludes halogenated alkanes) is 1. The summed E-state index contributed by atoms with van der Waals surface area (Å²) >= 11 is 0. The van der Waals surface area contributed by atoms with Crippen LogP contribution < -0.4 is 15.5 Å². The minimum Gasteiger partial charge on any atom is -0.369 e. The Morgan fingerprint density at radius 3 is 2.39 bits per heavy atom. The third-order valence-corrected chi connectivity index (χ3v) is 6.56. The molecule has 2 fully saturated rings. The van der Waals surface area contributed by atoms with Crippen molar-refractivity contribution in [1.29, 1.82) is 0 Å². The molecule has 2 aliphatic heterocycles. The Morgan fingerprint density at radius 2 is 1.74 bits per heavy atom. The lowest BCUT2D eigenvalue weighted by molar-refractivity contribution is -0.121. The molecule has 0 aliphatic carbocycles. The van der Waals surface area contributed by atoms with E-state index in [9.17, 15) is 4.79 Å². The van der Waals surface area contributed by atoms with E-state index in [2.05, 4.69) is 60.7 Å². The number of rotatable bonds is 8. The molecule has 0 unspecified atom stereocenters. The maximum Gasteiger partial charge on any atom is 0.220 e. The first kappa shape index (κ1) is 23.4. The average Bonchev–Trinajstić information content (AvgIpc) is 2.83. The lowest BCUT2D eigenvalue weighted by atomic mass is 9.93. The quantitative estimate of drug-likeness (QED) is 0.377. The van der Waals surface area contributed by atoms with Gasteiger partial charge in [0.25, 0.3) is 0 Å². The van der Waals surface area contributed by atoms with Crippen molar-refractivity contribution < 1.29 is 4.79 Å². The van der Waals surface area contributed by atoms with Crippen LogP contribution in [0.4, 0.5) is 5.69 Å². The van der Waals surface area contributed by atoms with Crippen molar-refractivity contribution in [3.63, 3.8) is 0 Å². The van der Waals surface area contributed by atoms with E-state index in [4.69, 9.17) is 0 Å². The smallest absolute Gasteiger partial charge is 0.220 e. The van der Waals surface area contributed by atoms with E-state index in [1.54, 1.807) is 7.05 Å².